The van der Waals surface area contributed by atoms with Gasteiger partial charge in [0, 0.05) is 13.1 Å². The third-order valence-corrected chi connectivity index (χ3v) is 1.94. The minimum Gasteiger partial charge on any atom is -0.337 e. The number of imide groups is 1. The van der Waals surface area contributed by atoms with E-state index >= 15 is 0 Å². The van der Waals surface area contributed by atoms with Gasteiger partial charge in [0.25, 0.3) is 0 Å². The quantitative estimate of drug-likeness (QED) is 0.643. The minimum atomic E-state index is -0.500. The molecule has 0 saturated carbocycles. The van der Waals surface area contributed by atoms with Crippen LogP contribution >= 0.6 is 11.6 Å². The third kappa shape index (κ3) is 6.68. The Balaban J connectivity index is 3.49. The lowest BCUT2D eigenvalue weighted by molar-refractivity contribution is -0.117. The summed E-state index contributed by atoms with van der Waals surface area (Å²) in [7, 11) is 1.95. The van der Waals surface area contributed by atoms with Crippen LogP contribution in [0.15, 0.2) is 0 Å². The van der Waals surface area contributed by atoms with E-state index in [0.29, 0.717) is 6.54 Å². The number of amides is 3. The molecule has 82 valence electrons. The zero-order chi connectivity index (χ0) is 11.0. The van der Waals surface area contributed by atoms with Crippen LogP contribution in [0.4, 0.5) is 4.79 Å². The number of rotatable bonds is 5. The second kappa shape index (κ2) is 7.58. The number of hydrogen-bond acceptors (Lipinski definition) is 3. The summed E-state index contributed by atoms with van der Waals surface area (Å²) in [5, 5.41) is 4.62. The molecule has 0 aromatic carbocycles. The maximum atomic E-state index is 11.0. The highest BCUT2D eigenvalue weighted by Crippen LogP contribution is 1.78. The lowest BCUT2D eigenvalue weighted by Crippen LogP contribution is -2.42. The van der Waals surface area contributed by atoms with Gasteiger partial charge in [-0.3, -0.25) is 10.1 Å². The summed E-state index contributed by atoms with van der Waals surface area (Å²) in [6, 6.07) is -0.500. The maximum absolute atomic E-state index is 11.0. The summed E-state index contributed by atoms with van der Waals surface area (Å²) in [6.07, 6.45) is 0. The van der Waals surface area contributed by atoms with Crippen molar-refractivity contribution in [3.8, 4) is 0 Å². The molecule has 0 fully saturated rings. The Hall–Kier alpha value is -0.810. The molecule has 2 N–H and O–H groups in total. The molecular weight excluding hydrogens is 206 g/mol. The van der Waals surface area contributed by atoms with Gasteiger partial charge >= 0.3 is 6.03 Å². The van der Waals surface area contributed by atoms with Crippen molar-refractivity contribution < 1.29 is 9.59 Å². The number of urea groups is 1. The largest absolute Gasteiger partial charge is 0.337 e. The molecular formula is C8H16ClN3O2. The van der Waals surface area contributed by atoms with E-state index in [1.54, 1.807) is 0 Å². The Kier molecular flexibility index (Phi) is 7.14. The fourth-order valence-electron chi connectivity index (χ4n) is 0.723. The molecule has 0 saturated heterocycles. The zero-order valence-corrected chi connectivity index (χ0v) is 9.23. The third-order valence-electron chi connectivity index (χ3n) is 1.69. The van der Waals surface area contributed by atoms with Gasteiger partial charge in [0.05, 0.1) is 0 Å². The summed E-state index contributed by atoms with van der Waals surface area (Å²) >= 11 is 5.20. The average molecular weight is 222 g/mol. The molecule has 0 aliphatic heterocycles. The van der Waals surface area contributed by atoms with E-state index in [4.69, 9.17) is 11.6 Å². The standard InChI is InChI=1S/C8H16ClN3O2/c1-3-12(2)5-4-10-8(14)11-7(13)6-9/h3-6H2,1-2H3,(H2,10,11,13,14). The molecule has 3 amide bonds. The van der Waals surface area contributed by atoms with Gasteiger partial charge in [-0.2, -0.15) is 0 Å². The highest BCUT2D eigenvalue weighted by molar-refractivity contribution is 6.28. The number of carbonyl (C=O) groups excluding carboxylic acids is 2. The van der Waals surface area contributed by atoms with E-state index in [1.165, 1.54) is 0 Å². The molecule has 0 unspecified atom stereocenters. The Bertz CT molecular complexity index is 199. The zero-order valence-electron chi connectivity index (χ0n) is 8.47. The van der Waals surface area contributed by atoms with E-state index in [1.807, 2.05) is 18.9 Å². The van der Waals surface area contributed by atoms with Crippen LogP contribution in [0.5, 0.6) is 0 Å². The van der Waals surface area contributed by atoms with Crippen LogP contribution in [0, 0.1) is 0 Å². The summed E-state index contributed by atoms with van der Waals surface area (Å²) in [5.74, 6) is -0.699. The Morgan fingerprint density at radius 1 is 1.43 bits per heavy atom. The van der Waals surface area contributed by atoms with Crippen LogP contribution < -0.4 is 10.6 Å². The molecule has 0 aromatic heterocycles. The molecule has 0 aromatic rings. The Labute approximate surface area is 88.8 Å². The lowest BCUT2D eigenvalue weighted by atomic mass is 10.5. The first-order valence-electron chi connectivity index (χ1n) is 4.42. The van der Waals surface area contributed by atoms with Gasteiger partial charge in [-0.25, -0.2) is 4.79 Å². The van der Waals surface area contributed by atoms with E-state index in [0.717, 1.165) is 13.1 Å². The van der Waals surface area contributed by atoms with Crippen LogP contribution in [0.2, 0.25) is 0 Å². The van der Waals surface area contributed by atoms with Crippen molar-refractivity contribution in [2.24, 2.45) is 0 Å². The normalized spacial score (nSPS) is 10.0. The smallest absolute Gasteiger partial charge is 0.321 e. The van der Waals surface area contributed by atoms with E-state index < -0.39 is 11.9 Å². The average Bonchev–Trinajstić information content (AvgIpc) is 2.17. The first-order valence-corrected chi connectivity index (χ1v) is 4.95. The van der Waals surface area contributed by atoms with E-state index in [2.05, 4.69) is 10.6 Å². The number of nitrogens with zero attached hydrogens (tertiary/aromatic N) is 1. The first-order chi connectivity index (χ1) is 6.60. The second-order valence-electron chi connectivity index (χ2n) is 2.83. The molecule has 6 heteroatoms. The molecule has 0 atom stereocenters. The SMILES string of the molecule is CCN(C)CCNC(=O)NC(=O)CCl. The fourth-order valence-corrected chi connectivity index (χ4v) is 0.789. The van der Waals surface area contributed by atoms with Crippen LogP contribution in [-0.2, 0) is 4.79 Å². The molecule has 0 spiro atoms. The molecule has 0 heterocycles. The van der Waals surface area contributed by atoms with Gasteiger partial charge in [-0.1, -0.05) is 6.92 Å². The Morgan fingerprint density at radius 2 is 2.07 bits per heavy atom. The van der Waals surface area contributed by atoms with Crippen molar-refractivity contribution in [3.63, 3.8) is 0 Å². The van der Waals surface area contributed by atoms with Gasteiger partial charge in [-0.15, -0.1) is 11.6 Å². The van der Waals surface area contributed by atoms with Crippen LogP contribution in [0.3, 0.4) is 0 Å². The second-order valence-corrected chi connectivity index (χ2v) is 3.10. The van der Waals surface area contributed by atoms with Crippen LogP contribution in [-0.4, -0.2) is 49.4 Å². The van der Waals surface area contributed by atoms with Crippen LogP contribution in [0.1, 0.15) is 6.92 Å². The summed E-state index contributed by atoms with van der Waals surface area (Å²) < 4.78 is 0. The molecule has 0 aliphatic carbocycles. The number of likely N-dealkylation sites (N-methyl/N-ethyl adjacent to an activating group) is 1. The molecule has 5 nitrogen and oxygen atoms in total. The summed E-state index contributed by atoms with van der Waals surface area (Å²) in [6.45, 7) is 4.20. The predicted molar refractivity (Wildman–Crippen MR) is 55.4 cm³/mol. The highest BCUT2D eigenvalue weighted by Gasteiger charge is 2.04. The van der Waals surface area contributed by atoms with Gasteiger partial charge in [0.2, 0.25) is 5.91 Å². The van der Waals surface area contributed by atoms with Gasteiger partial charge in [0.15, 0.2) is 0 Å². The van der Waals surface area contributed by atoms with Crippen molar-refractivity contribution in [2.45, 2.75) is 6.92 Å². The lowest BCUT2D eigenvalue weighted by Gasteiger charge is -2.13. The van der Waals surface area contributed by atoms with Crippen molar-refractivity contribution in [1.29, 1.82) is 0 Å². The molecule has 0 radical (unpaired) electrons. The number of hydrogen-bond donors (Lipinski definition) is 2. The number of nitrogens with one attached hydrogen (secondary N) is 2. The van der Waals surface area contributed by atoms with E-state index in [9.17, 15) is 9.59 Å². The van der Waals surface area contributed by atoms with Crippen molar-refractivity contribution in [2.75, 3.05) is 32.6 Å². The molecule has 0 aliphatic rings. The highest BCUT2D eigenvalue weighted by atomic mass is 35.5. The molecule has 0 bridgehead atoms. The number of alkyl halides is 1. The van der Waals surface area contributed by atoms with E-state index in [-0.39, 0.29) is 5.88 Å². The van der Waals surface area contributed by atoms with Gasteiger partial charge in [-0.05, 0) is 13.6 Å². The van der Waals surface area contributed by atoms with Crippen molar-refractivity contribution in [1.82, 2.24) is 15.5 Å². The number of carbonyl (C=O) groups is 2. The number of halogens is 1. The van der Waals surface area contributed by atoms with Crippen LogP contribution in [0.25, 0.3) is 0 Å². The Morgan fingerprint density at radius 3 is 2.57 bits per heavy atom. The first kappa shape index (κ1) is 13.2. The minimum absolute atomic E-state index is 0.206. The van der Waals surface area contributed by atoms with Gasteiger partial charge < -0.3 is 10.2 Å². The maximum Gasteiger partial charge on any atom is 0.321 e. The van der Waals surface area contributed by atoms with Crippen molar-refractivity contribution >= 4 is 23.5 Å². The fraction of sp³-hybridized carbons (Fsp3) is 0.750. The summed E-state index contributed by atoms with van der Waals surface area (Å²) in [4.78, 5) is 23.7. The molecule has 14 heavy (non-hydrogen) atoms. The predicted octanol–water partition coefficient (Wildman–Crippen LogP) is 0.00270. The molecule has 0 rings (SSSR count). The monoisotopic (exact) mass is 221 g/mol. The topological polar surface area (TPSA) is 61.4 Å². The summed E-state index contributed by atoms with van der Waals surface area (Å²) in [5.41, 5.74) is 0. The van der Waals surface area contributed by atoms with Crippen molar-refractivity contribution in [3.05, 3.63) is 0 Å². The van der Waals surface area contributed by atoms with Gasteiger partial charge in [0.1, 0.15) is 5.88 Å².